The van der Waals surface area contributed by atoms with Gasteiger partial charge in [-0.1, -0.05) is 42.6 Å². The van der Waals surface area contributed by atoms with Crippen LogP contribution < -0.4 is 10.7 Å². The summed E-state index contributed by atoms with van der Waals surface area (Å²) >= 11 is 1.39. The zero-order valence-corrected chi connectivity index (χ0v) is 14.6. The van der Waals surface area contributed by atoms with E-state index in [1.165, 1.54) is 29.5 Å². The molecule has 3 rings (SSSR count). The van der Waals surface area contributed by atoms with E-state index in [-0.39, 0.29) is 17.0 Å². The third kappa shape index (κ3) is 4.28. The van der Waals surface area contributed by atoms with Gasteiger partial charge in [0.25, 0.3) is 0 Å². The summed E-state index contributed by atoms with van der Waals surface area (Å²) in [7, 11) is 0. The Morgan fingerprint density at radius 1 is 1.28 bits per heavy atom. The Balaban J connectivity index is 1.62. The van der Waals surface area contributed by atoms with E-state index >= 15 is 0 Å². The lowest BCUT2D eigenvalue weighted by molar-refractivity contribution is -0.118. The molecule has 0 bridgehead atoms. The monoisotopic (exact) mass is 355 g/mol. The zero-order chi connectivity index (χ0) is 17.8. The first-order valence-electron chi connectivity index (χ1n) is 7.83. The highest BCUT2D eigenvalue weighted by Gasteiger charge is 2.30. The lowest BCUT2D eigenvalue weighted by Gasteiger charge is -2.08. The van der Waals surface area contributed by atoms with Gasteiger partial charge >= 0.3 is 0 Å². The van der Waals surface area contributed by atoms with Crippen LogP contribution in [0.15, 0.2) is 60.2 Å². The molecule has 2 aromatic carbocycles. The predicted molar refractivity (Wildman–Crippen MR) is 100 cm³/mol. The maximum absolute atomic E-state index is 12.9. The second-order valence-electron chi connectivity index (χ2n) is 5.74. The van der Waals surface area contributed by atoms with E-state index in [0.717, 1.165) is 11.1 Å². The molecule has 4 nitrogen and oxygen atoms in total. The molecule has 1 atom stereocenters. The molecule has 6 heteroatoms. The van der Waals surface area contributed by atoms with Crippen molar-refractivity contribution in [3.05, 3.63) is 77.6 Å². The highest BCUT2D eigenvalue weighted by molar-refractivity contribution is 8.15. The SMILES string of the molecule is C=C(N/N=C1/NC(=O)C(Cc2ccccc2C)S1)c1ccc(F)cc1. The minimum absolute atomic E-state index is 0.0544. The van der Waals surface area contributed by atoms with E-state index in [9.17, 15) is 9.18 Å². The first kappa shape index (κ1) is 17.2. The quantitative estimate of drug-likeness (QED) is 0.808. The second kappa shape index (κ2) is 7.53. The number of nitrogens with zero attached hydrogens (tertiary/aromatic N) is 1. The van der Waals surface area contributed by atoms with E-state index in [4.69, 9.17) is 0 Å². The highest BCUT2D eigenvalue weighted by atomic mass is 32.2. The Kier molecular flexibility index (Phi) is 5.19. The highest BCUT2D eigenvalue weighted by Crippen LogP contribution is 2.24. The number of amidine groups is 1. The molecule has 1 heterocycles. The van der Waals surface area contributed by atoms with Gasteiger partial charge in [-0.05, 0) is 54.3 Å². The van der Waals surface area contributed by atoms with E-state index in [1.807, 2.05) is 31.2 Å². The molecule has 1 saturated heterocycles. The summed E-state index contributed by atoms with van der Waals surface area (Å²) in [6.07, 6.45) is 0.654. The van der Waals surface area contributed by atoms with Crippen molar-refractivity contribution >= 4 is 28.5 Å². The number of halogens is 1. The van der Waals surface area contributed by atoms with Crippen molar-refractivity contribution in [3.8, 4) is 0 Å². The third-order valence-corrected chi connectivity index (χ3v) is 5.01. The summed E-state index contributed by atoms with van der Waals surface area (Å²) < 4.78 is 12.9. The summed E-state index contributed by atoms with van der Waals surface area (Å²) in [4.78, 5) is 12.1. The van der Waals surface area contributed by atoms with Crippen LogP contribution in [0.3, 0.4) is 0 Å². The van der Waals surface area contributed by atoms with Gasteiger partial charge in [0, 0.05) is 0 Å². The van der Waals surface area contributed by atoms with Crippen molar-refractivity contribution < 1.29 is 9.18 Å². The van der Waals surface area contributed by atoms with Crippen LogP contribution in [0.5, 0.6) is 0 Å². The molecule has 0 aliphatic carbocycles. The lowest BCUT2D eigenvalue weighted by Crippen LogP contribution is -2.27. The number of thioether (sulfide) groups is 1. The van der Waals surface area contributed by atoms with Crippen LogP contribution in [0.4, 0.5) is 4.39 Å². The van der Waals surface area contributed by atoms with Crippen LogP contribution in [0.2, 0.25) is 0 Å². The number of carbonyl (C=O) groups excluding carboxylic acids is 1. The molecule has 1 aliphatic rings. The van der Waals surface area contributed by atoms with E-state index in [0.29, 0.717) is 17.3 Å². The van der Waals surface area contributed by atoms with Crippen LogP contribution >= 0.6 is 11.8 Å². The molecular formula is C19H18FN3OS. The number of hydrazone groups is 1. The summed E-state index contributed by atoms with van der Waals surface area (Å²) in [6.45, 7) is 5.91. The normalized spacial score (nSPS) is 18.2. The van der Waals surface area contributed by atoms with Crippen LogP contribution in [0, 0.1) is 12.7 Å². The van der Waals surface area contributed by atoms with Gasteiger partial charge in [0.1, 0.15) is 5.82 Å². The molecule has 0 radical (unpaired) electrons. The predicted octanol–water partition coefficient (Wildman–Crippen LogP) is 3.44. The average Bonchev–Trinajstić information content (AvgIpc) is 2.95. The standard InChI is InChI=1S/C19H18FN3OS/c1-12-5-3-4-6-15(12)11-17-18(24)21-19(25-17)23-22-13(2)14-7-9-16(20)10-8-14/h3-10,17,22H,2,11H2,1H3,(H,21,23,24). The molecule has 2 aromatic rings. The minimum Gasteiger partial charge on any atom is -0.303 e. The second-order valence-corrected chi connectivity index (χ2v) is 6.93. The van der Waals surface area contributed by atoms with Gasteiger partial charge in [0.15, 0.2) is 5.17 Å². The molecule has 2 N–H and O–H groups in total. The molecular weight excluding hydrogens is 337 g/mol. The molecule has 1 aliphatic heterocycles. The van der Waals surface area contributed by atoms with E-state index < -0.39 is 0 Å². The van der Waals surface area contributed by atoms with Gasteiger partial charge in [-0.3, -0.25) is 10.2 Å². The van der Waals surface area contributed by atoms with Crippen LogP contribution in [0.25, 0.3) is 5.70 Å². The largest absolute Gasteiger partial charge is 0.303 e. The summed E-state index contributed by atoms with van der Waals surface area (Å²) in [5.74, 6) is -0.360. The van der Waals surface area contributed by atoms with Gasteiger partial charge in [-0.2, -0.15) is 0 Å². The van der Waals surface area contributed by atoms with Crippen LogP contribution in [0.1, 0.15) is 16.7 Å². The maximum atomic E-state index is 12.9. The first-order chi connectivity index (χ1) is 12.0. The summed E-state index contributed by atoms with van der Waals surface area (Å²) in [5.41, 5.74) is 6.40. The van der Waals surface area contributed by atoms with Crippen molar-refractivity contribution in [2.75, 3.05) is 0 Å². The number of aryl methyl sites for hydroxylation is 1. The molecule has 1 fully saturated rings. The number of rotatable bonds is 5. The Labute approximate surface area is 150 Å². The van der Waals surface area contributed by atoms with Gasteiger partial charge in [0.2, 0.25) is 5.91 Å². The van der Waals surface area contributed by atoms with Crippen molar-refractivity contribution in [2.45, 2.75) is 18.6 Å². The minimum atomic E-state index is -0.305. The number of hydrogen-bond donors (Lipinski definition) is 2. The van der Waals surface area contributed by atoms with E-state index in [1.54, 1.807) is 12.1 Å². The molecule has 0 spiro atoms. The number of nitrogens with one attached hydrogen (secondary N) is 2. The Bertz CT molecular complexity index is 833. The van der Waals surface area contributed by atoms with E-state index in [2.05, 4.69) is 22.4 Å². The first-order valence-corrected chi connectivity index (χ1v) is 8.71. The maximum Gasteiger partial charge on any atom is 0.239 e. The van der Waals surface area contributed by atoms with Crippen molar-refractivity contribution in [1.29, 1.82) is 0 Å². The number of amides is 1. The molecule has 0 aromatic heterocycles. The molecule has 128 valence electrons. The van der Waals surface area contributed by atoms with Gasteiger partial charge < -0.3 is 5.32 Å². The van der Waals surface area contributed by atoms with Crippen molar-refractivity contribution in [3.63, 3.8) is 0 Å². The van der Waals surface area contributed by atoms with Crippen molar-refractivity contribution in [2.24, 2.45) is 5.10 Å². The van der Waals surface area contributed by atoms with Crippen molar-refractivity contribution in [1.82, 2.24) is 10.7 Å². The lowest BCUT2D eigenvalue weighted by atomic mass is 10.0. The van der Waals surface area contributed by atoms with Gasteiger partial charge in [-0.25, -0.2) is 4.39 Å². The Morgan fingerprint density at radius 3 is 2.72 bits per heavy atom. The fourth-order valence-electron chi connectivity index (χ4n) is 2.47. The molecule has 25 heavy (non-hydrogen) atoms. The zero-order valence-electron chi connectivity index (χ0n) is 13.8. The number of hydrogen-bond acceptors (Lipinski definition) is 4. The molecule has 0 saturated carbocycles. The van der Waals surface area contributed by atoms with Gasteiger partial charge in [-0.15, -0.1) is 5.10 Å². The fourth-order valence-corrected chi connectivity index (χ4v) is 3.42. The summed E-state index contributed by atoms with van der Waals surface area (Å²) in [6, 6.07) is 14.0. The third-order valence-electron chi connectivity index (χ3n) is 3.93. The topological polar surface area (TPSA) is 53.5 Å². The molecule has 1 unspecified atom stereocenters. The summed E-state index contributed by atoms with van der Waals surface area (Å²) in [5, 5.41) is 7.26. The fraction of sp³-hybridized carbons (Fsp3) is 0.158. The number of carbonyl (C=O) groups is 1. The Morgan fingerprint density at radius 2 is 2.00 bits per heavy atom. The molecule has 1 amide bonds. The smallest absolute Gasteiger partial charge is 0.239 e. The van der Waals surface area contributed by atoms with Crippen LogP contribution in [-0.4, -0.2) is 16.3 Å². The number of benzene rings is 2. The van der Waals surface area contributed by atoms with Gasteiger partial charge in [0.05, 0.1) is 10.9 Å². The Hall–Kier alpha value is -2.60. The average molecular weight is 355 g/mol. The van der Waals surface area contributed by atoms with Crippen LogP contribution in [-0.2, 0) is 11.2 Å².